The van der Waals surface area contributed by atoms with Crippen LogP contribution in [0.4, 0.5) is 9.59 Å². The molecule has 0 aromatic heterocycles. The standard InChI is InChI=1S/C26H41N3O7/c1-18(2)16-20(28-24(32)36-26(3,4)5)22(30)29(21(23(31)34-6)14-10-11-15-27)25(33)35-17-19-12-8-7-9-13-19/h7-9,12-13,18,20-21H,10-11,14-17,27H2,1-6H3,(H,28,32)/t20-,21+/m1/s1. The summed E-state index contributed by atoms with van der Waals surface area (Å²) < 4.78 is 15.6. The third-order valence-electron chi connectivity index (χ3n) is 5.05. The van der Waals surface area contributed by atoms with E-state index in [9.17, 15) is 19.2 Å². The number of esters is 1. The molecular formula is C26H41N3O7. The molecule has 0 bridgehead atoms. The summed E-state index contributed by atoms with van der Waals surface area (Å²) in [6.07, 6.45) is -0.419. The van der Waals surface area contributed by atoms with Gasteiger partial charge in [-0.2, -0.15) is 0 Å². The van der Waals surface area contributed by atoms with Gasteiger partial charge in [-0.1, -0.05) is 44.2 Å². The van der Waals surface area contributed by atoms with Gasteiger partial charge in [-0.25, -0.2) is 19.3 Å². The van der Waals surface area contributed by atoms with E-state index in [1.807, 2.05) is 19.9 Å². The van der Waals surface area contributed by atoms with E-state index in [-0.39, 0.29) is 25.4 Å². The van der Waals surface area contributed by atoms with Gasteiger partial charge in [0.1, 0.15) is 24.3 Å². The largest absolute Gasteiger partial charge is 0.467 e. The van der Waals surface area contributed by atoms with Crippen LogP contribution in [0.1, 0.15) is 65.9 Å². The van der Waals surface area contributed by atoms with Gasteiger partial charge in [-0.05, 0) is 64.5 Å². The Hall–Kier alpha value is -3.14. The van der Waals surface area contributed by atoms with Crippen molar-refractivity contribution in [1.82, 2.24) is 10.2 Å². The van der Waals surface area contributed by atoms with Crippen LogP contribution in [0, 0.1) is 5.92 Å². The van der Waals surface area contributed by atoms with Gasteiger partial charge in [0, 0.05) is 0 Å². The Morgan fingerprint density at radius 2 is 1.69 bits per heavy atom. The van der Waals surface area contributed by atoms with Crippen LogP contribution in [-0.2, 0) is 30.4 Å². The zero-order valence-corrected chi connectivity index (χ0v) is 22.2. The van der Waals surface area contributed by atoms with E-state index in [0.717, 1.165) is 4.90 Å². The quantitative estimate of drug-likeness (QED) is 0.248. The van der Waals surface area contributed by atoms with E-state index in [2.05, 4.69) is 5.32 Å². The Kier molecular flexibility index (Phi) is 12.9. The molecule has 202 valence electrons. The first kappa shape index (κ1) is 30.9. The number of ether oxygens (including phenoxy) is 3. The number of methoxy groups -OCH3 is 1. The van der Waals surface area contributed by atoms with Crippen LogP contribution in [0.2, 0.25) is 0 Å². The van der Waals surface area contributed by atoms with Gasteiger partial charge in [0.2, 0.25) is 0 Å². The van der Waals surface area contributed by atoms with Gasteiger partial charge in [0.15, 0.2) is 0 Å². The Balaban J connectivity index is 3.31. The summed E-state index contributed by atoms with van der Waals surface area (Å²) in [5.74, 6) is -1.57. The number of nitrogens with one attached hydrogen (secondary N) is 1. The van der Waals surface area contributed by atoms with Crippen LogP contribution in [0.25, 0.3) is 0 Å². The number of nitrogens with two attached hydrogens (primary N) is 1. The number of unbranched alkanes of at least 4 members (excludes halogenated alkanes) is 1. The summed E-state index contributed by atoms with van der Waals surface area (Å²) in [6, 6.07) is 6.57. The van der Waals surface area contributed by atoms with Crippen LogP contribution < -0.4 is 11.1 Å². The molecule has 10 heteroatoms. The Labute approximate surface area is 213 Å². The van der Waals surface area contributed by atoms with Crippen molar-refractivity contribution in [2.75, 3.05) is 13.7 Å². The number of imide groups is 1. The van der Waals surface area contributed by atoms with E-state index in [1.54, 1.807) is 45.0 Å². The number of hydrogen-bond donors (Lipinski definition) is 2. The third-order valence-corrected chi connectivity index (χ3v) is 5.05. The zero-order chi connectivity index (χ0) is 27.3. The molecule has 1 aromatic carbocycles. The monoisotopic (exact) mass is 507 g/mol. The van der Waals surface area contributed by atoms with Gasteiger partial charge in [-0.3, -0.25) is 4.79 Å². The summed E-state index contributed by atoms with van der Waals surface area (Å²) in [5, 5.41) is 2.56. The predicted molar refractivity (Wildman–Crippen MR) is 135 cm³/mol. The number of alkyl carbamates (subject to hydrolysis) is 1. The molecule has 0 spiro atoms. The normalized spacial score (nSPS) is 12.9. The lowest BCUT2D eigenvalue weighted by atomic mass is 10.0. The second-order valence-corrected chi connectivity index (χ2v) is 9.90. The highest BCUT2D eigenvalue weighted by atomic mass is 16.6. The molecule has 2 atom stereocenters. The maximum atomic E-state index is 13.7. The lowest BCUT2D eigenvalue weighted by Gasteiger charge is -2.32. The van der Waals surface area contributed by atoms with E-state index in [0.29, 0.717) is 24.9 Å². The van der Waals surface area contributed by atoms with Crippen molar-refractivity contribution in [2.24, 2.45) is 11.7 Å². The van der Waals surface area contributed by atoms with Crippen LogP contribution in [0.3, 0.4) is 0 Å². The maximum Gasteiger partial charge on any atom is 0.417 e. The number of carbonyl (C=O) groups excluding carboxylic acids is 4. The van der Waals surface area contributed by atoms with Crippen LogP contribution >= 0.6 is 0 Å². The molecule has 0 heterocycles. The predicted octanol–water partition coefficient (Wildman–Crippen LogP) is 3.76. The fourth-order valence-electron chi connectivity index (χ4n) is 3.44. The molecular weight excluding hydrogens is 466 g/mol. The molecule has 0 saturated heterocycles. The summed E-state index contributed by atoms with van der Waals surface area (Å²) in [4.78, 5) is 53.0. The number of rotatable bonds is 12. The Bertz CT molecular complexity index is 853. The molecule has 3 N–H and O–H groups in total. The van der Waals surface area contributed by atoms with Gasteiger partial charge < -0.3 is 25.3 Å². The Morgan fingerprint density at radius 3 is 2.22 bits per heavy atom. The van der Waals surface area contributed by atoms with Crippen molar-refractivity contribution in [1.29, 1.82) is 0 Å². The van der Waals surface area contributed by atoms with Crippen molar-refractivity contribution in [3.8, 4) is 0 Å². The topological polar surface area (TPSA) is 137 Å². The fourth-order valence-corrected chi connectivity index (χ4v) is 3.44. The van der Waals surface area contributed by atoms with Crippen molar-refractivity contribution < 1.29 is 33.4 Å². The van der Waals surface area contributed by atoms with Gasteiger partial charge in [0.05, 0.1) is 7.11 Å². The third kappa shape index (κ3) is 11.1. The average molecular weight is 508 g/mol. The van der Waals surface area contributed by atoms with E-state index < -0.39 is 41.7 Å². The Morgan fingerprint density at radius 1 is 1.06 bits per heavy atom. The molecule has 0 fully saturated rings. The van der Waals surface area contributed by atoms with Crippen molar-refractivity contribution in [2.45, 2.75) is 84.6 Å². The molecule has 0 aliphatic rings. The summed E-state index contributed by atoms with van der Waals surface area (Å²) >= 11 is 0. The van der Waals surface area contributed by atoms with Crippen LogP contribution in [0.5, 0.6) is 0 Å². The first-order valence-corrected chi connectivity index (χ1v) is 12.2. The summed E-state index contributed by atoms with van der Waals surface area (Å²) in [5.41, 5.74) is 5.51. The first-order chi connectivity index (χ1) is 16.9. The molecule has 0 saturated carbocycles. The highest BCUT2D eigenvalue weighted by molar-refractivity contribution is 6.00. The number of amides is 3. The lowest BCUT2D eigenvalue weighted by molar-refractivity contribution is -0.152. The molecule has 36 heavy (non-hydrogen) atoms. The van der Waals surface area contributed by atoms with Gasteiger partial charge in [-0.15, -0.1) is 0 Å². The number of benzene rings is 1. The van der Waals surface area contributed by atoms with E-state index in [4.69, 9.17) is 19.9 Å². The van der Waals surface area contributed by atoms with E-state index in [1.165, 1.54) is 7.11 Å². The van der Waals surface area contributed by atoms with Crippen molar-refractivity contribution in [3.05, 3.63) is 35.9 Å². The van der Waals surface area contributed by atoms with Crippen LogP contribution in [0.15, 0.2) is 30.3 Å². The van der Waals surface area contributed by atoms with Gasteiger partial charge in [0.25, 0.3) is 5.91 Å². The SMILES string of the molecule is COC(=O)[C@H](CCCCN)N(C(=O)OCc1ccccc1)C(=O)[C@@H](CC(C)C)NC(=O)OC(C)(C)C. The maximum absolute atomic E-state index is 13.7. The van der Waals surface area contributed by atoms with E-state index >= 15 is 0 Å². The zero-order valence-electron chi connectivity index (χ0n) is 22.2. The second kappa shape index (κ2) is 15.1. The molecule has 0 radical (unpaired) electrons. The fraction of sp³-hybridized carbons (Fsp3) is 0.615. The molecule has 0 aliphatic carbocycles. The van der Waals surface area contributed by atoms with Crippen molar-refractivity contribution >= 4 is 24.1 Å². The minimum Gasteiger partial charge on any atom is -0.467 e. The first-order valence-electron chi connectivity index (χ1n) is 12.2. The highest BCUT2D eigenvalue weighted by Crippen LogP contribution is 2.19. The van der Waals surface area contributed by atoms with Crippen molar-refractivity contribution in [3.63, 3.8) is 0 Å². The molecule has 3 amide bonds. The molecule has 10 nitrogen and oxygen atoms in total. The molecule has 1 aromatic rings. The highest BCUT2D eigenvalue weighted by Gasteiger charge is 2.40. The van der Waals surface area contributed by atoms with Crippen LogP contribution in [-0.4, -0.2) is 60.3 Å². The number of carbonyl (C=O) groups is 4. The molecule has 0 aliphatic heterocycles. The minimum atomic E-state index is -1.24. The minimum absolute atomic E-state index is 0.0232. The molecule has 1 rings (SSSR count). The lowest BCUT2D eigenvalue weighted by Crippen LogP contribution is -2.57. The summed E-state index contributed by atoms with van der Waals surface area (Å²) in [6.45, 7) is 9.12. The number of nitrogens with zero attached hydrogens (tertiary/aromatic N) is 1. The number of hydrogen-bond acceptors (Lipinski definition) is 8. The smallest absolute Gasteiger partial charge is 0.417 e. The second-order valence-electron chi connectivity index (χ2n) is 9.90. The average Bonchev–Trinajstić information content (AvgIpc) is 2.80. The molecule has 0 unspecified atom stereocenters. The van der Waals surface area contributed by atoms with Gasteiger partial charge >= 0.3 is 18.2 Å². The summed E-state index contributed by atoms with van der Waals surface area (Å²) in [7, 11) is 1.18.